The normalized spacial score (nSPS) is 11.6. The van der Waals surface area contributed by atoms with Crippen LogP contribution in [0.4, 0.5) is 0 Å². The van der Waals surface area contributed by atoms with Crippen molar-refractivity contribution in [3.63, 3.8) is 0 Å². The van der Waals surface area contributed by atoms with Gasteiger partial charge in [0, 0.05) is 32.7 Å². The molecule has 0 saturated heterocycles. The molecule has 0 aliphatic heterocycles. The molecule has 0 aliphatic rings. The van der Waals surface area contributed by atoms with Crippen molar-refractivity contribution in [1.29, 1.82) is 0 Å². The molecule has 0 unspecified atom stereocenters. The van der Waals surface area contributed by atoms with Crippen LogP contribution in [-0.4, -0.2) is 19.5 Å². The van der Waals surface area contributed by atoms with E-state index < -0.39 is 0 Å². The van der Waals surface area contributed by atoms with E-state index in [1.807, 2.05) is 48.5 Å². The molecule has 0 saturated carbocycles. The van der Waals surface area contributed by atoms with Crippen LogP contribution in [-0.2, 0) is 0 Å². The van der Waals surface area contributed by atoms with Crippen LogP contribution in [0.15, 0.2) is 174 Å². The van der Waals surface area contributed by atoms with E-state index in [9.17, 15) is 0 Å². The molecule has 0 bridgehead atoms. The lowest BCUT2D eigenvalue weighted by atomic mass is 10.0. The Hall–Kier alpha value is -6.85. The minimum absolute atomic E-state index is 0.570. The Morgan fingerprint density at radius 1 is 0.340 bits per heavy atom. The second kappa shape index (κ2) is 11.4. The van der Waals surface area contributed by atoms with Gasteiger partial charge in [0.05, 0.1) is 11.0 Å². The number of rotatable bonds is 5. The number of furan rings is 1. The molecule has 5 nitrogen and oxygen atoms in total. The average Bonchev–Trinajstić information content (AvgIpc) is 3.73. The third kappa shape index (κ3) is 4.67. The number of fused-ring (bicyclic) bond motifs is 6. The zero-order valence-corrected chi connectivity index (χ0v) is 26.9. The van der Waals surface area contributed by atoms with Crippen LogP contribution in [0.25, 0.3) is 94.7 Å². The predicted molar refractivity (Wildman–Crippen MR) is 203 cm³/mol. The Kier molecular flexibility index (Phi) is 6.42. The number of para-hydroxylation sites is 2. The summed E-state index contributed by atoms with van der Waals surface area (Å²) in [6, 6.07) is 58.7. The van der Waals surface area contributed by atoms with Gasteiger partial charge in [0.15, 0.2) is 11.6 Å². The van der Waals surface area contributed by atoms with Crippen LogP contribution >= 0.6 is 0 Å². The first-order valence-corrected chi connectivity index (χ1v) is 16.7. The van der Waals surface area contributed by atoms with Crippen LogP contribution < -0.4 is 0 Å². The highest BCUT2D eigenvalue weighted by atomic mass is 16.3. The summed E-state index contributed by atoms with van der Waals surface area (Å²) in [4.78, 5) is 15.3. The Balaban J connectivity index is 1.18. The number of nitrogens with zero attached hydrogens (tertiary/aromatic N) is 4. The molecule has 0 fully saturated rings. The standard InChI is InChI=1S/C45H28N4O/c1-3-11-29(12-4-1)30-19-21-32(22-20-30)44-46-43(31-13-5-2-6-14-31)47-45(48-44)49-39-17-9-7-15-35(39)36-25-23-34(28-40(36)49)33-24-26-42-38(27-33)37-16-8-10-18-41(37)50-42/h1-28H. The van der Waals surface area contributed by atoms with Crippen molar-refractivity contribution in [3.8, 4) is 51.0 Å². The number of aromatic nitrogens is 4. The lowest BCUT2D eigenvalue weighted by Crippen LogP contribution is -2.06. The van der Waals surface area contributed by atoms with Crippen LogP contribution in [0.2, 0.25) is 0 Å². The third-order valence-corrected chi connectivity index (χ3v) is 9.49. The highest BCUT2D eigenvalue weighted by Crippen LogP contribution is 2.37. The van der Waals surface area contributed by atoms with E-state index in [-0.39, 0.29) is 0 Å². The minimum atomic E-state index is 0.570. The van der Waals surface area contributed by atoms with Gasteiger partial charge in [-0.2, -0.15) is 9.97 Å². The number of benzene rings is 7. The molecule has 3 heterocycles. The Bertz CT molecular complexity index is 2850. The van der Waals surface area contributed by atoms with Gasteiger partial charge in [-0.05, 0) is 52.6 Å². The summed E-state index contributed by atoms with van der Waals surface area (Å²) >= 11 is 0. The number of hydrogen-bond donors (Lipinski definition) is 0. The van der Waals surface area contributed by atoms with Gasteiger partial charge in [0.25, 0.3) is 0 Å². The molecule has 0 atom stereocenters. The first kappa shape index (κ1) is 28.2. The summed E-state index contributed by atoms with van der Waals surface area (Å²) < 4.78 is 8.30. The van der Waals surface area contributed by atoms with Crippen molar-refractivity contribution in [2.75, 3.05) is 0 Å². The molecule has 10 rings (SSSR count). The van der Waals surface area contributed by atoms with Gasteiger partial charge >= 0.3 is 0 Å². The third-order valence-electron chi connectivity index (χ3n) is 9.49. The maximum atomic E-state index is 6.13. The largest absolute Gasteiger partial charge is 0.456 e. The summed E-state index contributed by atoms with van der Waals surface area (Å²) in [5.41, 5.74) is 10.2. The zero-order valence-electron chi connectivity index (χ0n) is 26.9. The van der Waals surface area contributed by atoms with Gasteiger partial charge in [-0.15, -0.1) is 0 Å². The van der Waals surface area contributed by atoms with Gasteiger partial charge < -0.3 is 4.42 Å². The van der Waals surface area contributed by atoms with Crippen molar-refractivity contribution in [2.45, 2.75) is 0 Å². The van der Waals surface area contributed by atoms with E-state index in [1.54, 1.807) is 0 Å². The molecular formula is C45H28N4O. The maximum absolute atomic E-state index is 6.13. The zero-order chi connectivity index (χ0) is 33.0. The number of hydrogen-bond acceptors (Lipinski definition) is 4. The maximum Gasteiger partial charge on any atom is 0.238 e. The second-order valence-corrected chi connectivity index (χ2v) is 12.5. The van der Waals surface area contributed by atoms with Crippen LogP contribution in [0.3, 0.4) is 0 Å². The van der Waals surface area contributed by atoms with Crippen LogP contribution in [0, 0.1) is 0 Å². The Morgan fingerprint density at radius 3 is 1.64 bits per heavy atom. The van der Waals surface area contributed by atoms with E-state index in [0.717, 1.165) is 71.6 Å². The van der Waals surface area contributed by atoms with Crippen molar-refractivity contribution in [1.82, 2.24) is 19.5 Å². The summed E-state index contributed by atoms with van der Waals surface area (Å²) in [5, 5.41) is 4.49. The highest BCUT2D eigenvalue weighted by Gasteiger charge is 2.19. The molecule has 3 aromatic heterocycles. The first-order valence-electron chi connectivity index (χ1n) is 16.7. The van der Waals surface area contributed by atoms with E-state index in [0.29, 0.717) is 17.6 Å². The van der Waals surface area contributed by atoms with E-state index >= 15 is 0 Å². The van der Waals surface area contributed by atoms with E-state index in [2.05, 4.69) is 126 Å². The SMILES string of the molecule is c1ccc(-c2ccc(-c3nc(-c4ccccc4)nc(-n4c5ccccc5c5ccc(-c6ccc7oc8ccccc8c7c6)cc54)n3)cc2)cc1. The molecule has 0 radical (unpaired) electrons. The van der Waals surface area contributed by atoms with Gasteiger partial charge in [-0.3, -0.25) is 4.57 Å². The smallest absolute Gasteiger partial charge is 0.238 e. The predicted octanol–water partition coefficient (Wildman–Crippen LogP) is 11.5. The molecule has 10 aromatic rings. The quantitative estimate of drug-likeness (QED) is 0.188. The van der Waals surface area contributed by atoms with Crippen LogP contribution in [0.1, 0.15) is 0 Å². The van der Waals surface area contributed by atoms with Crippen molar-refractivity contribution < 1.29 is 4.42 Å². The molecule has 5 heteroatoms. The molecular weight excluding hydrogens is 613 g/mol. The van der Waals surface area contributed by atoms with Crippen LogP contribution in [0.5, 0.6) is 0 Å². The van der Waals surface area contributed by atoms with Crippen molar-refractivity contribution >= 4 is 43.7 Å². The Labute approximate surface area is 287 Å². The van der Waals surface area contributed by atoms with Gasteiger partial charge in [0.2, 0.25) is 5.95 Å². The molecule has 7 aromatic carbocycles. The molecule has 234 valence electrons. The summed E-state index contributed by atoms with van der Waals surface area (Å²) in [6.45, 7) is 0. The Morgan fingerprint density at radius 2 is 0.860 bits per heavy atom. The molecule has 0 N–H and O–H groups in total. The monoisotopic (exact) mass is 640 g/mol. The van der Waals surface area contributed by atoms with Crippen molar-refractivity contribution in [2.24, 2.45) is 0 Å². The lowest BCUT2D eigenvalue weighted by molar-refractivity contribution is 0.669. The summed E-state index contributed by atoms with van der Waals surface area (Å²) in [6.07, 6.45) is 0. The summed E-state index contributed by atoms with van der Waals surface area (Å²) in [5.74, 6) is 1.81. The molecule has 0 spiro atoms. The fourth-order valence-corrected chi connectivity index (χ4v) is 7.02. The fourth-order valence-electron chi connectivity index (χ4n) is 7.02. The fraction of sp³-hybridized carbons (Fsp3) is 0. The molecule has 50 heavy (non-hydrogen) atoms. The molecule has 0 amide bonds. The average molecular weight is 641 g/mol. The summed E-state index contributed by atoms with van der Waals surface area (Å²) in [7, 11) is 0. The van der Waals surface area contributed by atoms with E-state index in [4.69, 9.17) is 19.4 Å². The minimum Gasteiger partial charge on any atom is -0.456 e. The highest BCUT2D eigenvalue weighted by molar-refractivity contribution is 6.11. The van der Waals surface area contributed by atoms with Crippen molar-refractivity contribution in [3.05, 3.63) is 170 Å². The van der Waals surface area contributed by atoms with Gasteiger partial charge in [0.1, 0.15) is 11.2 Å². The topological polar surface area (TPSA) is 56.7 Å². The second-order valence-electron chi connectivity index (χ2n) is 12.5. The van der Waals surface area contributed by atoms with E-state index in [1.165, 1.54) is 5.56 Å². The lowest BCUT2D eigenvalue weighted by Gasteiger charge is -2.12. The van der Waals surface area contributed by atoms with Gasteiger partial charge in [-0.1, -0.05) is 140 Å². The van der Waals surface area contributed by atoms with Gasteiger partial charge in [-0.25, -0.2) is 4.98 Å². The molecule has 0 aliphatic carbocycles. The first-order chi connectivity index (χ1) is 24.8.